The lowest BCUT2D eigenvalue weighted by Gasteiger charge is -2.49. The third kappa shape index (κ3) is 3.93. The first-order chi connectivity index (χ1) is 31.5. The number of anilines is 6. The van der Waals surface area contributed by atoms with E-state index >= 15 is 0 Å². The zero-order chi connectivity index (χ0) is 43.6. The summed E-state index contributed by atoms with van der Waals surface area (Å²) in [4.78, 5) is 5.25. The minimum atomic E-state index is -0.0118. The van der Waals surface area contributed by atoms with Gasteiger partial charge in [0.05, 0.1) is 0 Å². The molecule has 3 heteroatoms. The molecule has 0 radical (unpaired) electrons. The standard InChI is InChI=1S/C62H57BN2/c1-57(2)38-29-31-59(57,5)61(36-38)46-21-12-10-19-42(46)44-33-41(27-28-48(44)61)65-52-24-15-14-23-50(52)63-51-34-45-43-20-11-13-22-47(43)62(37-39-30-32-60(62,6)58(39,3)4)49(45)35-55(51)64(40-17-8-7-9-18-40)53-25-16-26-54(65)56(53)63/h7-28,33-35,38-39H,29-32,36-37H2,1-6H3/t38?,39-,59?,60?,61-,62+/m0/s1. The van der Waals surface area contributed by atoms with E-state index in [1.165, 1.54) is 111 Å². The maximum absolute atomic E-state index is 2.70. The summed E-state index contributed by atoms with van der Waals surface area (Å²) >= 11 is 0. The van der Waals surface area contributed by atoms with E-state index in [-0.39, 0.29) is 33.8 Å². The first-order valence-electron chi connectivity index (χ1n) is 24.9. The number of hydrogen-bond donors (Lipinski definition) is 0. The predicted molar refractivity (Wildman–Crippen MR) is 271 cm³/mol. The molecule has 8 aliphatic rings. The minimum absolute atomic E-state index is 0.0118. The average molecular weight is 841 g/mol. The Hall–Kier alpha value is -5.80. The molecule has 0 saturated heterocycles. The van der Waals surface area contributed by atoms with Crippen LogP contribution in [0.1, 0.15) is 102 Å². The van der Waals surface area contributed by atoms with Gasteiger partial charge in [0.1, 0.15) is 0 Å². The van der Waals surface area contributed by atoms with Gasteiger partial charge < -0.3 is 9.80 Å². The SMILES string of the molecule is CC1(C)C2CCC1(C)[C@@]1(C2)c2ccccc2-c2cc(N3c4ccccc4B4c5cc6c(cc5N(c5ccccc5)c5cccc3c54)[C@@]3(C[C@@H]4CCC3(C)C4(C)C)c3ccccc3-6)ccc21. The van der Waals surface area contributed by atoms with Crippen LogP contribution in [0.5, 0.6) is 0 Å². The molecule has 0 amide bonds. The summed E-state index contributed by atoms with van der Waals surface area (Å²) in [5.41, 5.74) is 24.9. The van der Waals surface area contributed by atoms with Crippen LogP contribution in [0.3, 0.4) is 0 Å². The third-order valence-corrected chi connectivity index (χ3v) is 21.4. The van der Waals surface area contributed by atoms with Gasteiger partial charge in [0, 0.05) is 45.0 Å². The van der Waals surface area contributed by atoms with Crippen LogP contribution in [0, 0.1) is 33.5 Å². The summed E-state index contributed by atoms with van der Waals surface area (Å²) in [5, 5.41) is 0. The van der Waals surface area contributed by atoms with Gasteiger partial charge >= 0.3 is 0 Å². The molecule has 2 nitrogen and oxygen atoms in total. The quantitative estimate of drug-likeness (QED) is 0.160. The average Bonchev–Trinajstić information content (AvgIpc) is 4.02. The molecule has 7 aromatic rings. The van der Waals surface area contributed by atoms with Crippen molar-refractivity contribution in [1.29, 1.82) is 0 Å². The Morgan fingerprint density at radius 1 is 0.415 bits per heavy atom. The van der Waals surface area contributed by atoms with Crippen LogP contribution in [-0.2, 0) is 10.8 Å². The molecule has 2 aliphatic heterocycles. The molecule has 2 spiro atoms. The Balaban J connectivity index is 0.969. The van der Waals surface area contributed by atoms with Gasteiger partial charge in [-0.2, -0.15) is 0 Å². The summed E-state index contributed by atoms with van der Waals surface area (Å²) in [7, 11) is 0. The Bertz CT molecular complexity index is 3270. The summed E-state index contributed by atoms with van der Waals surface area (Å²) in [6.07, 6.45) is 7.75. The van der Waals surface area contributed by atoms with Crippen molar-refractivity contribution in [3.8, 4) is 22.3 Å². The molecule has 6 aliphatic carbocycles. The normalized spacial score (nSPS) is 30.0. The van der Waals surface area contributed by atoms with Crippen molar-refractivity contribution in [1.82, 2.24) is 0 Å². The lowest BCUT2D eigenvalue weighted by atomic mass is 9.33. The van der Waals surface area contributed by atoms with Gasteiger partial charge in [-0.1, -0.05) is 145 Å². The lowest BCUT2D eigenvalue weighted by Crippen LogP contribution is -2.61. The molecule has 0 N–H and O–H groups in total. The van der Waals surface area contributed by atoms with Crippen LogP contribution in [0.15, 0.2) is 152 Å². The van der Waals surface area contributed by atoms with Crippen LogP contribution in [-0.4, -0.2) is 6.71 Å². The Labute approximate surface area is 385 Å². The second-order valence-corrected chi connectivity index (χ2v) is 23.3. The molecule has 2 heterocycles. The van der Waals surface area contributed by atoms with E-state index in [2.05, 4.69) is 203 Å². The zero-order valence-corrected chi connectivity index (χ0v) is 38.8. The number of fused-ring (bicyclic) bond motifs is 20. The van der Waals surface area contributed by atoms with Crippen molar-refractivity contribution >= 4 is 57.2 Å². The molecule has 0 aromatic heterocycles. The van der Waals surface area contributed by atoms with E-state index in [9.17, 15) is 0 Å². The number of hydrogen-bond acceptors (Lipinski definition) is 2. The lowest BCUT2D eigenvalue weighted by molar-refractivity contribution is 0.0990. The molecular weight excluding hydrogens is 784 g/mol. The first-order valence-corrected chi connectivity index (χ1v) is 24.9. The monoisotopic (exact) mass is 840 g/mol. The van der Waals surface area contributed by atoms with Crippen LogP contribution in [0.4, 0.5) is 34.1 Å². The highest BCUT2D eigenvalue weighted by Gasteiger charge is 2.73. The Kier molecular flexibility index (Phi) is 6.78. The molecule has 4 fully saturated rings. The zero-order valence-electron chi connectivity index (χ0n) is 38.8. The summed E-state index contributed by atoms with van der Waals surface area (Å²) < 4.78 is 0. The van der Waals surface area contributed by atoms with E-state index in [1.54, 1.807) is 22.3 Å². The maximum Gasteiger partial charge on any atom is 0.252 e. The molecule has 7 aromatic carbocycles. The van der Waals surface area contributed by atoms with Crippen molar-refractivity contribution in [2.45, 2.75) is 90.9 Å². The largest absolute Gasteiger partial charge is 0.311 e. The summed E-state index contributed by atoms with van der Waals surface area (Å²) in [6, 6.07) is 59.8. The summed E-state index contributed by atoms with van der Waals surface area (Å²) in [5.74, 6) is 1.46. The van der Waals surface area contributed by atoms with E-state index in [1.807, 2.05) is 0 Å². The Morgan fingerprint density at radius 3 is 1.55 bits per heavy atom. The van der Waals surface area contributed by atoms with Gasteiger partial charge in [-0.15, -0.1) is 0 Å². The fourth-order valence-corrected chi connectivity index (χ4v) is 17.6. The molecule has 4 bridgehead atoms. The maximum atomic E-state index is 2.70. The third-order valence-electron chi connectivity index (χ3n) is 21.4. The smallest absolute Gasteiger partial charge is 0.252 e. The molecule has 318 valence electrons. The van der Waals surface area contributed by atoms with Gasteiger partial charge in [0.15, 0.2) is 0 Å². The van der Waals surface area contributed by atoms with E-state index < -0.39 is 0 Å². The minimum Gasteiger partial charge on any atom is -0.311 e. The number of benzene rings is 7. The molecule has 15 rings (SSSR count). The molecule has 4 saturated carbocycles. The molecule has 65 heavy (non-hydrogen) atoms. The molecular formula is C62H57BN2. The highest BCUT2D eigenvalue weighted by atomic mass is 15.2. The van der Waals surface area contributed by atoms with E-state index in [0.717, 1.165) is 5.92 Å². The van der Waals surface area contributed by atoms with Gasteiger partial charge in [-0.25, -0.2) is 0 Å². The first kappa shape index (κ1) is 37.4. The van der Waals surface area contributed by atoms with Crippen molar-refractivity contribution < 1.29 is 0 Å². The van der Waals surface area contributed by atoms with Crippen molar-refractivity contribution in [2.75, 3.05) is 9.80 Å². The topological polar surface area (TPSA) is 6.48 Å². The van der Waals surface area contributed by atoms with Crippen LogP contribution < -0.4 is 26.2 Å². The highest BCUT2D eigenvalue weighted by Crippen LogP contribution is 2.79. The van der Waals surface area contributed by atoms with Crippen LogP contribution >= 0.6 is 0 Å². The van der Waals surface area contributed by atoms with Crippen molar-refractivity contribution in [2.24, 2.45) is 33.5 Å². The van der Waals surface area contributed by atoms with Crippen LogP contribution in [0.2, 0.25) is 0 Å². The number of rotatable bonds is 2. The van der Waals surface area contributed by atoms with Gasteiger partial charge in [0.25, 0.3) is 6.71 Å². The van der Waals surface area contributed by atoms with E-state index in [0.29, 0.717) is 11.3 Å². The number of nitrogens with zero attached hydrogens (tertiary/aromatic N) is 2. The van der Waals surface area contributed by atoms with Crippen LogP contribution in [0.25, 0.3) is 22.3 Å². The van der Waals surface area contributed by atoms with Gasteiger partial charge in [-0.05, 0) is 181 Å². The summed E-state index contributed by atoms with van der Waals surface area (Å²) in [6.45, 7) is 15.7. The second kappa shape index (κ2) is 11.8. The second-order valence-electron chi connectivity index (χ2n) is 23.3. The Morgan fingerprint density at radius 2 is 0.938 bits per heavy atom. The van der Waals surface area contributed by atoms with Gasteiger partial charge in [-0.3, -0.25) is 0 Å². The fraction of sp³-hybridized carbons (Fsp3) is 0.323. The van der Waals surface area contributed by atoms with E-state index in [4.69, 9.17) is 0 Å². The van der Waals surface area contributed by atoms with Gasteiger partial charge in [0.2, 0.25) is 0 Å². The molecule has 6 atom stereocenters. The number of para-hydroxylation sites is 2. The van der Waals surface area contributed by atoms with Crippen molar-refractivity contribution in [3.63, 3.8) is 0 Å². The van der Waals surface area contributed by atoms with Crippen molar-refractivity contribution in [3.05, 3.63) is 174 Å². The molecule has 3 unspecified atom stereocenters. The fourth-order valence-electron chi connectivity index (χ4n) is 17.6. The predicted octanol–water partition coefficient (Wildman–Crippen LogP) is 14.0. The highest BCUT2D eigenvalue weighted by molar-refractivity contribution is 7.00.